The molecule has 0 bridgehead atoms. The van der Waals surface area contributed by atoms with Crippen LogP contribution in [0.3, 0.4) is 0 Å². The molecule has 1 fully saturated rings. The van der Waals surface area contributed by atoms with Gasteiger partial charge in [-0.05, 0) is 63.3 Å². The van der Waals surface area contributed by atoms with Gasteiger partial charge < -0.3 is 10.2 Å². The summed E-state index contributed by atoms with van der Waals surface area (Å²) >= 11 is 6.27. The first-order chi connectivity index (χ1) is 11.6. The molecule has 2 aromatic rings. The van der Waals surface area contributed by atoms with Gasteiger partial charge in [-0.3, -0.25) is 4.79 Å². The van der Waals surface area contributed by atoms with E-state index in [2.05, 4.69) is 17.3 Å². The third-order valence-corrected chi connectivity index (χ3v) is 4.71. The van der Waals surface area contributed by atoms with Crippen LogP contribution in [-0.2, 0) is 0 Å². The largest absolute Gasteiger partial charge is 0.382 e. The Morgan fingerprint density at radius 2 is 1.83 bits per heavy atom. The number of likely N-dealkylation sites (tertiary alicyclic amines) is 1. The molecule has 0 saturated carbocycles. The van der Waals surface area contributed by atoms with E-state index in [4.69, 9.17) is 11.8 Å². The maximum absolute atomic E-state index is 12.5. The van der Waals surface area contributed by atoms with Gasteiger partial charge in [0.15, 0.2) is 0 Å². The molecular formula is C19H22ClN3O. The van der Waals surface area contributed by atoms with E-state index < -0.39 is 0 Å². The van der Waals surface area contributed by atoms with E-state index in [1.165, 1.54) is 4.42 Å². The minimum absolute atomic E-state index is 0.228. The molecule has 0 aromatic heterocycles. The lowest BCUT2D eigenvalue weighted by Crippen LogP contribution is -2.36. The van der Waals surface area contributed by atoms with Crippen molar-refractivity contribution in [3.8, 4) is 0 Å². The number of nitrogens with one attached hydrogen (secondary N) is 1. The number of amides is 1. The van der Waals surface area contributed by atoms with Gasteiger partial charge in [-0.15, -0.1) is 0 Å². The molecular weight excluding hydrogens is 322 g/mol. The van der Waals surface area contributed by atoms with Crippen LogP contribution >= 0.6 is 11.8 Å². The fraction of sp³-hybridized carbons (Fsp3) is 0.316. The summed E-state index contributed by atoms with van der Waals surface area (Å²) in [6.45, 7) is 2.21. The Balaban J connectivity index is 1.69. The van der Waals surface area contributed by atoms with Crippen molar-refractivity contribution in [2.24, 2.45) is 0 Å². The lowest BCUT2D eigenvalue weighted by molar-refractivity contribution is 0.101. The predicted octanol–water partition coefficient (Wildman–Crippen LogP) is 3.99. The third kappa shape index (κ3) is 4.08. The Morgan fingerprint density at radius 3 is 2.54 bits per heavy atom. The van der Waals surface area contributed by atoms with Gasteiger partial charge in [-0.2, -0.15) is 0 Å². The van der Waals surface area contributed by atoms with Crippen molar-refractivity contribution >= 4 is 29.1 Å². The molecule has 24 heavy (non-hydrogen) atoms. The van der Waals surface area contributed by atoms with Crippen molar-refractivity contribution in [3.63, 3.8) is 0 Å². The van der Waals surface area contributed by atoms with Crippen molar-refractivity contribution in [1.29, 1.82) is 0 Å². The number of piperidine rings is 1. The topological polar surface area (TPSA) is 35.6 Å². The van der Waals surface area contributed by atoms with Gasteiger partial charge in [-0.25, -0.2) is 4.42 Å². The van der Waals surface area contributed by atoms with Crippen molar-refractivity contribution in [1.82, 2.24) is 4.90 Å². The molecule has 0 aliphatic carbocycles. The SMILES string of the molecule is CN1CCC(Nc2cccc(N(Cl)C(=O)c3ccccc3)c2)CC1. The molecule has 0 radical (unpaired) electrons. The normalized spacial score (nSPS) is 15.9. The summed E-state index contributed by atoms with van der Waals surface area (Å²) in [4.78, 5) is 14.8. The van der Waals surface area contributed by atoms with E-state index in [1.807, 2.05) is 42.5 Å². The van der Waals surface area contributed by atoms with Gasteiger partial charge in [-0.1, -0.05) is 24.3 Å². The quantitative estimate of drug-likeness (QED) is 0.852. The average molecular weight is 344 g/mol. The first kappa shape index (κ1) is 16.8. The van der Waals surface area contributed by atoms with Gasteiger partial charge in [0.1, 0.15) is 0 Å². The molecule has 3 rings (SSSR count). The van der Waals surface area contributed by atoms with Gasteiger partial charge in [0.05, 0.1) is 5.69 Å². The third-order valence-electron chi connectivity index (χ3n) is 4.36. The van der Waals surface area contributed by atoms with E-state index in [1.54, 1.807) is 12.1 Å². The van der Waals surface area contributed by atoms with E-state index in [0.29, 0.717) is 17.3 Å². The number of carbonyl (C=O) groups excluding carboxylic acids is 1. The fourth-order valence-corrected chi connectivity index (χ4v) is 3.12. The Morgan fingerprint density at radius 1 is 1.12 bits per heavy atom. The number of carbonyl (C=O) groups is 1. The van der Waals surface area contributed by atoms with Gasteiger partial charge >= 0.3 is 0 Å². The molecule has 5 heteroatoms. The molecule has 4 nitrogen and oxygen atoms in total. The van der Waals surface area contributed by atoms with Crippen LogP contribution in [-0.4, -0.2) is 37.0 Å². The van der Waals surface area contributed by atoms with Crippen LogP contribution in [0, 0.1) is 0 Å². The molecule has 0 atom stereocenters. The summed E-state index contributed by atoms with van der Waals surface area (Å²) in [6, 6.07) is 17.2. The summed E-state index contributed by atoms with van der Waals surface area (Å²) in [7, 11) is 2.15. The van der Waals surface area contributed by atoms with Gasteiger partial charge in [0, 0.05) is 29.1 Å². The van der Waals surface area contributed by atoms with Crippen LogP contribution in [0.4, 0.5) is 11.4 Å². The number of nitrogens with zero attached hydrogens (tertiary/aromatic N) is 2. The van der Waals surface area contributed by atoms with Crippen LogP contribution in [0.2, 0.25) is 0 Å². The Bertz CT molecular complexity index is 684. The maximum Gasteiger partial charge on any atom is 0.272 e. The monoisotopic (exact) mass is 343 g/mol. The Hall–Kier alpha value is -2.04. The van der Waals surface area contributed by atoms with Crippen molar-refractivity contribution in [2.75, 3.05) is 29.9 Å². The zero-order valence-corrected chi connectivity index (χ0v) is 14.5. The smallest absolute Gasteiger partial charge is 0.272 e. The molecule has 1 heterocycles. The van der Waals surface area contributed by atoms with E-state index in [0.717, 1.165) is 31.6 Å². The molecule has 1 saturated heterocycles. The number of rotatable bonds is 4. The molecule has 1 aliphatic rings. The second-order valence-electron chi connectivity index (χ2n) is 6.22. The second kappa shape index (κ2) is 7.69. The summed E-state index contributed by atoms with van der Waals surface area (Å²) in [5, 5.41) is 3.55. The number of benzene rings is 2. The molecule has 1 amide bonds. The Labute approximate surface area is 148 Å². The maximum atomic E-state index is 12.5. The molecule has 1 N–H and O–H groups in total. The van der Waals surface area contributed by atoms with Crippen LogP contribution in [0.15, 0.2) is 54.6 Å². The number of anilines is 2. The molecule has 2 aromatic carbocycles. The predicted molar refractivity (Wildman–Crippen MR) is 99.7 cm³/mol. The summed E-state index contributed by atoms with van der Waals surface area (Å²) in [5.41, 5.74) is 2.23. The highest BCUT2D eigenvalue weighted by molar-refractivity contribution is 6.39. The minimum atomic E-state index is -0.228. The molecule has 0 unspecified atom stereocenters. The standard InChI is InChI=1S/C19H22ClN3O/c1-22-12-10-16(11-13-22)21-17-8-5-9-18(14-17)23(20)19(24)15-6-3-2-4-7-15/h2-9,14,16,21H,10-13H2,1H3. The minimum Gasteiger partial charge on any atom is -0.382 e. The van der Waals surface area contributed by atoms with E-state index in [9.17, 15) is 4.79 Å². The molecule has 126 valence electrons. The van der Waals surface area contributed by atoms with Crippen LogP contribution in [0.1, 0.15) is 23.2 Å². The second-order valence-corrected chi connectivity index (χ2v) is 6.56. The van der Waals surface area contributed by atoms with Crippen LogP contribution in [0.5, 0.6) is 0 Å². The molecule has 0 spiro atoms. The lowest BCUT2D eigenvalue weighted by Gasteiger charge is -2.30. The number of hydrogen-bond donors (Lipinski definition) is 1. The highest BCUT2D eigenvalue weighted by atomic mass is 35.5. The van der Waals surface area contributed by atoms with Gasteiger partial charge in [0.25, 0.3) is 5.91 Å². The zero-order valence-electron chi connectivity index (χ0n) is 13.8. The van der Waals surface area contributed by atoms with E-state index >= 15 is 0 Å². The van der Waals surface area contributed by atoms with Crippen molar-refractivity contribution < 1.29 is 4.79 Å². The molecule has 1 aliphatic heterocycles. The van der Waals surface area contributed by atoms with Crippen LogP contribution < -0.4 is 9.74 Å². The fourth-order valence-electron chi connectivity index (χ4n) is 2.92. The van der Waals surface area contributed by atoms with E-state index in [-0.39, 0.29) is 5.91 Å². The van der Waals surface area contributed by atoms with Crippen molar-refractivity contribution in [3.05, 3.63) is 60.2 Å². The highest BCUT2D eigenvalue weighted by Gasteiger charge is 2.18. The highest BCUT2D eigenvalue weighted by Crippen LogP contribution is 2.25. The average Bonchev–Trinajstić information content (AvgIpc) is 2.63. The zero-order chi connectivity index (χ0) is 16.9. The van der Waals surface area contributed by atoms with Gasteiger partial charge in [0.2, 0.25) is 0 Å². The first-order valence-corrected chi connectivity index (χ1v) is 8.58. The summed E-state index contributed by atoms with van der Waals surface area (Å²) in [5.74, 6) is -0.228. The number of hydrogen-bond acceptors (Lipinski definition) is 3. The summed E-state index contributed by atoms with van der Waals surface area (Å²) < 4.78 is 1.18. The number of halogens is 1. The van der Waals surface area contributed by atoms with Crippen LogP contribution in [0.25, 0.3) is 0 Å². The Kier molecular flexibility index (Phi) is 5.38. The first-order valence-electron chi connectivity index (χ1n) is 8.24. The van der Waals surface area contributed by atoms with Crippen molar-refractivity contribution in [2.45, 2.75) is 18.9 Å². The summed E-state index contributed by atoms with van der Waals surface area (Å²) in [6.07, 6.45) is 2.24. The lowest BCUT2D eigenvalue weighted by atomic mass is 10.1.